The van der Waals surface area contributed by atoms with Gasteiger partial charge in [0.05, 0.1) is 17.5 Å². The van der Waals surface area contributed by atoms with Gasteiger partial charge in [-0.05, 0) is 49.2 Å². The third-order valence-corrected chi connectivity index (χ3v) is 8.09. The van der Waals surface area contributed by atoms with Crippen LogP contribution in [0, 0.1) is 13.8 Å². The monoisotopic (exact) mass is 430 g/mol. The van der Waals surface area contributed by atoms with Gasteiger partial charge in [-0.3, -0.25) is 4.79 Å². The van der Waals surface area contributed by atoms with Gasteiger partial charge in [0.1, 0.15) is 5.75 Å². The van der Waals surface area contributed by atoms with Crippen molar-refractivity contribution in [2.24, 2.45) is 4.99 Å². The average Bonchev–Trinajstić information content (AvgIpc) is 3.10. The van der Waals surface area contributed by atoms with Crippen LogP contribution in [0.25, 0.3) is 0 Å². The lowest BCUT2D eigenvalue weighted by atomic mass is 10.1. The summed E-state index contributed by atoms with van der Waals surface area (Å²) in [6.45, 7) is 3.83. The van der Waals surface area contributed by atoms with Gasteiger partial charge in [0, 0.05) is 10.9 Å². The molecule has 0 aromatic heterocycles. The number of ether oxygens (including phenoxy) is 1. The number of sulfone groups is 1. The van der Waals surface area contributed by atoms with Crippen molar-refractivity contribution in [1.82, 2.24) is 0 Å². The second-order valence-corrected chi connectivity index (χ2v) is 10.8. The number of hydrogen-bond donors (Lipinski definition) is 0. The molecule has 2 heterocycles. The summed E-state index contributed by atoms with van der Waals surface area (Å²) in [5.41, 5.74) is 3.02. The molecule has 29 heavy (non-hydrogen) atoms. The number of amidine groups is 1. The fourth-order valence-electron chi connectivity index (χ4n) is 3.76. The first kappa shape index (κ1) is 20.0. The molecular weight excluding hydrogens is 408 g/mol. The van der Waals surface area contributed by atoms with E-state index >= 15 is 0 Å². The molecule has 2 aliphatic heterocycles. The largest absolute Gasteiger partial charge is 0.484 e. The molecule has 152 valence electrons. The number of carbonyl (C=O) groups is 1. The van der Waals surface area contributed by atoms with Crippen LogP contribution in [0.3, 0.4) is 0 Å². The lowest BCUT2D eigenvalue weighted by Gasteiger charge is -2.25. The summed E-state index contributed by atoms with van der Waals surface area (Å²) in [7, 11) is -3.09. The predicted octanol–water partition coefficient (Wildman–Crippen LogP) is 2.98. The van der Waals surface area contributed by atoms with Gasteiger partial charge < -0.3 is 9.64 Å². The smallest absolute Gasteiger partial charge is 0.285 e. The first-order chi connectivity index (χ1) is 13.8. The molecule has 0 spiro atoms. The molecule has 2 fully saturated rings. The zero-order valence-electron chi connectivity index (χ0n) is 16.2. The number of rotatable bonds is 4. The Labute approximate surface area is 174 Å². The number of amides is 1. The fraction of sp³-hybridized carbons (Fsp3) is 0.333. The average molecular weight is 431 g/mol. The number of hydrogen-bond acceptors (Lipinski definition) is 5. The van der Waals surface area contributed by atoms with Crippen LogP contribution in [-0.2, 0) is 14.6 Å². The highest BCUT2D eigenvalue weighted by molar-refractivity contribution is 8.16. The molecule has 8 heteroatoms. The summed E-state index contributed by atoms with van der Waals surface area (Å²) in [6, 6.07) is 15.0. The molecule has 2 aliphatic rings. The van der Waals surface area contributed by atoms with Gasteiger partial charge in [-0.2, -0.15) is 4.99 Å². The quantitative estimate of drug-likeness (QED) is 0.742. The maximum atomic E-state index is 12.5. The Morgan fingerprint density at radius 2 is 1.83 bits per heavy atom. The maximum absolute atomic E-state index is 12.5. The van der Waals surface area contributed by atoms with E-state index in [1.807, 2.05) is 49.1 Å². The Balaban J connectivity index is 1.60. The topological polar surface area (TPSA) is 76.0 Å². The van der Waals surface area contributed by atoms with Gasteiger partial charge in [-0.25, -0.2) is 8.42 Å². The van der Waals surface area contributed by atoms with Crippen molar-refractivity contribution in [1.29, 1.82) is 0 Å². The Morgan fingerprint density at radius 1 is 1.14 bits per heavy atom. The Kier molecular flexibility index (Phi) is 5.40. The van der Waals surface area contributed by atoms with E-state index in [4.69, 9.17) is 4.74 Å². The molecule has 1 amide bonds. The number of para-hydroxylation sites is 1. The summed E-state index contributed by atoms with van der Waals surface area (Å²) in [6.07, 6.45) is 0. The third-order valence-electron chi connectivity index (χ3n) is 4.88. The van der Waals surface area contributed by atoms with E-state index in [2.05, 4.69) is 11.1 Å². The molecule has 4 rings (SSSR count). The molecular formula is C21H22N2O4S2. The first-order valence-electron chi connectivity index (χ1n) is 9.35. The van der Waals surface area contributed by atoms with Crippen LogP contribution in [0.15, 0.2) is 53.5 Å². The molecule has 2 atom stereocenters. The van der Waals surface area contributed by atoms with E-state index in [1.54, 1.807) is 12.1 Å². The van der Waals surface area contributed by atoms with Gasteiger partial charge in [-0.1, -0.05) is 36.0 Å². The third kappa shape index (κ3) is 4.48. The number of nitrogens with zero attached hydrogens (tertiary/aromatic N) is 2. The van der Waals surface area contributed by atoms with Crippen molar-refractivity contribution < 1.29 is 17.9 Å². The van der Waals surface area contributed by atoms with Crippen LogP contribution in [0.2, 0.25) is 0 Å². The molecule has 0 unspecified atom stereocenters. The number of fused-ring (bicyclic) bond motifs is 1. The summed E-state index contributed by atoms with van der Waals surface area (Å²) < 4.78 is 29.9. The van der Waals surface area contributed by atoms with Crippen molar-refractivity contribution in [2.75, 3.05) is 23.0 Å². The lowest BCUT2D eigenvalue weighted by Crippen LogP contribution is -2.38. The molecule has 2 aromatic rings. The number of anilines is 1. The predicted molar refractivity (Wildman–Crippen MR) is 117 cm³/mol. The molecule has 0 bridgehead atoms. The number of benzene rings is 2. The van der Waals surface area contributed by atoms with E-state index in [0.29, 0.717) is 10.9 Å². The minimum atomic E-state index is -3.09. The maximum Gasteiger partial charge on any atom is 0.285 e. The molecule has 0 saturated carbocycles. The minimum absolute atomic E-state index is 0.0748. The van der Waals surface area contributed by atoms with Crippen LogP contribution in [0.4, 0.5) is 5.69 Å². The van der Waals surface area contributed by atoms with Crippen LogP contribution >= 0.6 is 11.8 Å². The lowest BCUT2D eigenvalue weighted by molar-refractivity contribution is -0.119. The zero-order valence-corrected chi connectivity index (χ0v) is 17.9. The first-order valence-corrected chi connectivity index (χ1v) is 12.0. The number of aliphatic imine (C=N–C) groups is 1. The molecule has 2 saturated heterocycles. The van der Waals surface area contributed by atoms with Gasteiger partial charge in [0.2, 0.25) is 0 Å². The van der Waals surface area contributed by atoms with Crippen molar-refractivity contribution in [3.63, 3.8) is 0 Å². The summed E-state index contributed by atoms with van der Waals surface area (Å²) in [5, 5.41) is 0.420. The van der Waals surface area contributed by atoms with Gasteiger partial charge >= 0.3 is 0 Å². The minimum Gasteiger partial charge on any atom is -0.484 e. The number of aryl methyl sites for hydroxylation is 2. The molecule has 0 radical (unpaired) electrons. The normalized spacial score (nSPS) is 23.9. The Bertz CT molecular complexity index is 1050. The van der Waals surface area contributed by atoms with E-state index < -0.39 is 15.7 Å². The highest BCUT2D eigenvalue weighted by atomic mass is 32.2. The molecule has 0 aliphatic carbocycles. The number of carbonyl (C=O) groups excluding carboxylic acids is 1. The van der Waals surface area contributed by atoms with Crippen molar-refractivity contribution in [2.45, 2.75) is 25.1 Å². The van der Waals surface area contributed by atoms with Crippen molar-refractivity contribution in [3.05, 3.63) is 59.7 Å². The summed E-state index contributed by atoms with van der Waals surface area (Å²) in [4.78, 5) is 18.7. The Hall–Kier alpha value is -2.32. The zero-order chi connectivity index (χ0) is 20.6. The van der Waals surface area contributed by atoms with Crippen LogP contribution < -0.4 is 9.64 Å². The van der Waals surface area contributed by atoms with E-state index in [9.17, 15) is 13.2 Å². The Morgan fingerprint density at radius 3 is 2.52 bits per heavy atom. The summed E-state index contributed by atoms with van der Waals surface area (Å²) >= 11 is 1.37. The number of thioether (sulfide) groups is 1. The summed E-state index contributed by atoms with van der Waals surface area (Å²) in [5.74, 6) is 0.394. The van der Waals surface area contributed by atoms with E-state index in [1.165, 1.54) is 11.8 Å². The van der Waals surface area contributed by atoms with Crippen LogP contribution in [0.5, 0.6) is 5.75 Å². The van der Waals surface area contributed by atoms with Crippen molar-refractivity contribution in [3.8, 4) is 5.75 Å². The van der Waals surface area contributed by atoms with Crippen LogP contribution in [0.1, 0.15) is 11.1 Å². The molecule has 2 aromatic carbocycles. The highest BCUT2D eigenvalue weighted by Gasteiger charge is 2.49. The standard InChI is InChI=1S/C21H22N2O4S2/c1-14-8-15(2)10-16(9-14)23-18-12-29(25,26)13-19(18)28-21(23)22-20(24)11-27-17-6-4-3-5-7-17/h3-10,18-19H,11-13H2,1-2H3/t18-,19+/m0/s1. The fourth-order valence-corrected chi connectivity index (χ4v) is 7.69. The van der Waals surface area contributed by atoms with Crippen LogP contribution in [-0.4, -0.2) is 48.9 Å². The second-order valence-electron chi connectivity index (χ2n) is 7.41. The van der Waals surface area contributed by atoms with Gasteiger partial charge in [0.15, 0.2) is 21.6 Å². The highest BCUT2D eigenvalue weighted by Crippen LogP contribution is 2.41. The van der Waals surface area contributed by atoms with E-state index in [0.717, 1.165) is 16.8 Å². The van der Waals surface area contributed by atoms with Crippen molar-refractivity contribution >= 4 is 38.4 Å². The van der Waals surface area contributed by atoms with Gasteiger partial charge in [-0.15, -0.1) is 0 Å². The molecule has 0 N–H and O–H groups in total. The van der Waals surface area contributed by atoms with Gasteiger partial charge in [0.25, 0.3) is 5.91 Å². The second kappa shape index (κ2) is 7.84. The van der Waals surface area contributed by atoms with E-state index in [-0.39, 0.29) is 29.4 Å². The SMILES string of the molecule is Cc1cc(C)cc(N2C(=NC(=O)COc3ccccc3)S[C@@H]3CS(=O)(=O)C[C@@H]32)c1. The molecule has 6 nitrogen and oxygen atoms in total.